The predicted octanol–water partition coefficient (Wildman–Crippen LogP) is 4.06. The van der Waals surface area contributed by atoms with Crippen LogP contribution in [0.5, 0.6) is 0 Å². The van der Waals surface area contributed by atoms with Crippen molar-refractivity contribution in [1.29, 1.82) is 0 Å². The van der Waals surface area contributed by atoms with E-state index in [2.05, 4.69) is 0 Å². The Balaban J connectivity index is 2.53. The normalized spacial score (nSPS) is 10.2. The van der Waals surface area contributed by atoms with Crippen LogP contribution in [0.3, 0.4) is 0 Å². The number of hydrogen-bond donors (Lipinski definition) is 0. The molecule has 0 saturated carbocycles. The van der Waals surface area contributed by atoms with Gasteiger partial charge in [0.25, 0.3) is 0 Å². The van der Waals surface area contributed by atoms with Crippen LogP contribution in [0, 0.1) is 5.82 Å². The predicted molar refractivity (Wildman–Crippen MR) is 71.3 cm³/mol. The summed E-state index contributed by atoms with van der Waals surface area (Å²) < 4.78 is 13.7. The lowest BCUT2D eigenvalue weighted by Gasteiger charge is -2.22. The van der Waals surface area contributed by atoms with Crippen molar-refractivity contribution < 1.29 is 9.18 Å². The van der Waals surface area contributed by atoms with Gasteiger partial charge in [-0.05, 0) is 24.3 Å². The molecule has 0 aliphatic heterocycles. The molecule has 4 heteroatoms. The van der Waals surface area contributed by atoms with Gasteiger partial charge < -0.3 is 4.90 Å². The van der Waals surface area contributed by atoms with Crippen LogP contribution >= 0.6 is 11.6 Å². The molecule has 2 rings (SSSR count). The highest BCUT2D eigenvalue weighted by Crippen LogP contribution is 2.31. The van der Waals surface area contributed by atoms with Gasteiger partial charge in [-0.1, -0.05) is 29.8 Å². The zero-order chi connectivity index (χ0) is 13.1. The molecule has 2 nitrogen and oxygen atoms in total. The number of carbonyl (C=O) groups excluding carboxylic acids is 1. The summed E-state index contributed by atoms with van der Waals surface area (Å²) in [7, 11) is 1.69. The highest BCUT2D eigenvalue weighted by Gasteiger charge is 2.14. The van der Waals surface area contributed by atoms with Crippen LogP contribution in [0.4, 0.5) is 15.8 Å². The first kappa shape index (κ1) is 12.6. The maximum absolute atomic E-state index is 13.7. The van der Waals surface area contributed by atoms with Gasteiger partial charge in [-0.15, -0.1) is 0 Å². The van der Waals surface area contributed by atoms with Gasteiger partial charge in [-0.2, -0.15) is 0 Å². The van der Waals surface area contributed by atoms with Crippen LogP contribution in [-0.2, 0) is 0 Å². The maximum Gasteiger partial charge on any atom is 0.153 e. The lowest BCUT2D eigenvalue weighted by molar-refractivity contribution is 0.112. The fourth-order valence-electron chi connectivity index (χ4n) is 1.79. The third-order valence-electron chi connectivity index (χ3n) is 2.72. The summed E-state index contributed by atoms with van der Waals surface area (Å²) in [4.78, 5) is 12.7. The lowest BCUT2D eigenvalue weighted by atomic mass is 10.1. The molecule has 0 heterocycles. The molecule has 2 aromatic rings. The molecular formula is C14H11ClFNO. The average Bonchev–Trinajstić information content (AvgIpc) is 2.38. The van der Waals surface area contributed by atoms with Crippen molar-refractivity contribution in [2.45, 2.75) is 0 Å². The van der Waals surface area contributed by atoms with E-state index in [4.69, 9.17) is 11.6 Å². The molecule has 0 aliphatic rings. The van der Waals surface area contributed by atoms with Crippen molar-refractivity contribution >= 4 is 29.3 Å². The summed E-state index contributed by atoms with van der Waals surface area (Å²) in [6, 6.07) is 11.4. The van der Waals surface area contributed by atoms with Gasteiger partial charge in [-0.25, -0.2) is 4.39 Å². The zero-order valence-electron chi connectivity index (χ0n) is 9.73. The topological polar surface area (TPSA) is 20.3 Å². The summed E-state index contributed by atoms with van der Waals surface area (Å²) in [6.07, 6.45) is 0.676. The summed E-state index contributed by atoms with van der Waals surface area (Å²) in [5.74, 6) is -0.350. The van der Waals surface area contributed by atoms with E-state index in [9.17, 15) is 9.18 Å². The number of carbonyl (C=O) groups is 1. The van der Waals surface area contributed by atoms with E-state index in [0.29, 0.717) is 28.2 Å². The van der Waals surface area contributed by atoms with Gasteiger partial charge in [0.05, 0.1) is 22.0 Å². The molecule has 0 amide bonds. The molecule has 0 atom stereocenters. The monoisotopic (exact) mass is 263 g/mol. The van der Waals surface area contributed by atoms with Crippen molar-refractivity contribution in [1.82, 2.24) is 0 Å². The molecule has 0 spiro atoms. The minimum atomic E-state index is -0.350. The molecule has 0 aromatic heterocycles. The van der Waals surface area contributed by atoms with E-state index in [1.54, 1.807) is 48.3 Å². The van der Waals surface area contributed by atoms with Gasteiger partial charge >= 0.3 is 0 Å². The highest BCUT2D eigenvalue weighted by atomic mass is 35.5. The van der Waals surface area contributed by atoms with E-state index >= 15 is 0 Å². The SMILES string of the molecule is CN(c1ccccc1F)c1cccc(Cl)c1C=O. The first-order chi connectivity index (χ1) is 8.65. The van der Waals surface area contributed by atoms with Crippen LogP contribution in [0.15, 0.2) is 42.5 Å². The molecule has 0 saturated heterocycles. The maximum atomic E-state index is 13.7. The molecule has 0 unspecified atom stereocenters. The Morgan fingerprint density at radius 3 is 2.44 bits per heavy atom. The van der Waals surface area contributed by atoms with Gasteiger partial charge in [0.15, 0.2) is 6.29 Å². The van der Waals surface area contributed by atoms with E-state index < -0.39 is 0 Å². The number of aldehydes is 1. The van der Waals surface area contributed by atoms with Crippen LogP contribution in [0.25, 0.3) is 0 Å². The Kier molecular flexibility index (Phi) is 3.63. The second-order valence-electron chi connectivity index (χ2n) is 3.80. The smallest absolute Gasteiger partial charge is 0.153 e. The van der Waals surface area contributed by atoms with Gasteiger partial charge in [-0.3, -0.25) is 4.79 Å². The molecule has 18 heavy (non-hydrogen) atoms. The van der Waals surface area contributed by atoms with Crippen molar-refractivity contribution in [3.8, 4) is 0 Å². The number of nitrogens with zero attached hydrogens (tertiary/aromatic N) is 1. The van der Waals surface area contributed by atoms with Gasteiger partial charge in [0, 0.05) is 7.05 Å². The van der Waals surface area contributed by atoms with Crippen LogP contribution in [-0.4, -0.2) is 13.3 Å². The fourth-order valence-corrected chi connectivity index (χ4v) is 2.00. The minimum Gasteiger partial charge on any atom is -0.342 e. The summed E-state index contributed by atoms with van der Waals surface area (Å²) in [5, 5.41) is 0.352. The van der Waals surface area contributed by atoms with E-state index in [-0.39, 0.29) is 5.82 Å². The molecule has 0 radical (unpaired) electrons. The summed E-state index contributed by atoms with van der Waals surface area (Å²) in [5.41, 5.74) is 1.32. The Morgan fingerprint density at radius 2 is 1.78 bits per heavy atom. The average molecular weight is 264 g/mol. The molecular weight excluding hydrogens is 253 g/mol. The number of rotatable bonds is 3. The molecule has 0 aliphatic carbocycles. The highest BCUT2D eigenvalue weighted by molar-refractivity contribution is 6.33. The Labute approximate surface area is 110 Å². The summed E-state index contributed by atoms with van der Waals surface area (Å²) in [6.45, 7) is 0. The third kappa shape index (κ3) is 2.22. The van der Waals surface area contributed by atoms with Crippen LogP contribution < -0.4 is 4.90 Å². The second-order valence-corrected chi connectivity index (χ2v) is 4.21. The zero-order valence-corrected chi connectivity index (χ0v) is 10.5. The molecule has 2 aromatic carbocycles. The van der Waals surface area contributed by atoms with E-state index in [1.807, 2.05) is 0 Å². The van der Waals surface area contributed by atoms with Crippen molar-refractivity contribution in [3.05, 3.63) is 58.9 Å². The number of para-hydroxylation sites is 1. The Bertz CT molecular complexity index is 586. The summed E-state index contributed by atoms with van der Waals surface area (Å²) >= 11 is 5.95. The van der Waals surface area contributed by atoms with E-state index in [0.717, 1.165) is 0 Å². The van der Waals surface area contributed by atoms with Gasteiger partial charge in [0.1, 0.15) is 5.82 Å². The molecule has 0 bridgehead atoms. The largest absolute Gasteiger partial charge is 0.342 e. The first-order valence-electron chi connectivity index (χ1n) is 5.37. The van der Waals surface area contributed by atoms with Crippen molar-refractivity contribution in [2.24, 2.45) is 0 Å². The van der Waals surface area contributed by atoms with Crippen LogP contribution in [0.2, 0.25) is 5.02 Å². The third-order valence-corrected chi connectivity index (χ3v) is 3.05. The van der Waals surface area contributed by atoms with Crippen molar-refractivity contribution in [2.75, 3.05) is 11.9 Å². The minimum absolute atomic E-state index is 0.350. The number of anilines is 2. The first-order valence-corrected chi connectivity index (χ1v) is 5.75. The Morgan fingerprint density at radius 1 is 1.11 bits per heavy atom. The molecule has 0 fully saturated rings. The molecule has 92 valence electrons. The molecule has 0 N–H and O–H groups in total. The number of hydrogen-bond acceptors (Lipinski definition) is 2. The second kappa shape index (κ2) is 5.19. The fraction of sp³-hybridized carbons (Fsp3) is 0.0714. The number of benzene rings is 2. The standard InChI is InChI=1S/C14H11ClFNO/c1-17(14-7-3-2-6-12(14)16)13-8-4-5-11(15)10(13)9-18/h2-9H,1H3. The lowest BCUT2D eigenvalue weighted by Crippen LogP contribution is -2.13. The van der Waals surface area contributed by atoms with Crippen LogP contribution in [0.1, 0.15) is 10.4 Å². The van der Waals surface area contributed by atoms with E-state index in [1.165, 1.54) is 6.07 Å². The van der Waals surface area contributed by atoms with Crippen molar-refractivity contribution in [3.63, 3.8) is 0 Å². The van der Waals surface area contributed by atoms with Gasteiger partial charge in [0.2, 0.25) is 0 Å². The number of halogens is 2. The Hall–Kier alpha value is -1.87. The quantitative estimate of drug-likeness (QED) is 0.779.